The number of imidazole rings is 1. The molecular formula is C31H33FN4OS. The van der Waals surface area contributed by atoms with E-state index in [-0.39, 0.29) is 12.3 Å². The van der Waals surface area contributed by atoms with Crippen molar-refractivity contribution >= 4 is 23.3 Å². The van der Waals surface area contributed by atoms with Crippen LogP contribution >= 0.6 is 11.8 Å². The van der Waals surface area contributed by atoms with Crippen LogP contribution in [0.1, 0.15) is 46.1 Å². The molecule has 0 atom stereocenters. The molecular weight excluding hydrogens is 495 g/mol. The van der Waals surface area contributed by atoms with Gasteiger partial charge in [-0.05, 0) is 71.2 Å². The summed E-state index contributed by atoms with van der Waals surface area (Å²) < 4.78 is 17.0. The van der Waals surface area contributed by atoms with Gasteiger partial charge in [0.15, 0.2) is 0 Å². The van der Waals surface area contributed by atoms with Gasteiger partial charge in [-0.15, -0.1) is 0 Å². The van der Waals surface area contributed by atoms with Crippen LogP contribution in [0.2, 0.25) is 0 Å². The number of carbonyl (C=O) groups is 1. The predicted octanol–water partition coefficient (Wildman–Crippen LogP) is 7.80. The second-order valence-electron chi connectivity index (χ2n) is 9.63. The van der Waals surface area contributed by atoms with Crippen molar-refractivity contribution in [2.75, 3.05) is 0 Å². The molecule has 0 saturated carbocycles. The Hall–Kier alpha value is -3.71. The van der Waals surface area contributed by atoms with E-state index in [4.69, 9.17) is 0 Å². The Morgan fingerprint density at radius 3 is 2.55 bits per heavy atom. The van der Waals surface area contributed by atoms with Crippen molar-refractivity contribution in [3.05, 3.63) is 101 Å². The Morgan fingerprint density at radius 2 is 1.87 bits per heavy atom. The lowest BCUT2D eigenvalue weighted by molar-refractivity contribution is -0.119. The summed E-state index contributed by atoms with van der Waals surface area (Å²) in [5, 5.41) is 3.39. The molecule has 5 nitrogen and oxygen atoms in total. The van der Waals surface area contributed by atoms with Crippen LogP contribution in [0.5, 0.6) is 0 Å². The maximum atomic E-state index is 15.1. The number of fused-ring (bicyclic) bond motifs is 1. The summed E-state index contributed by atoms with van der Waals surface area (Å²) in [5.74, 6) is -0.378. The zero-order valence-corrected chi connectivity index (χ0v) is 23.1. The van der Waals surface area contributed by atoms with Crippen LogP contribution in [-0.2, 0) is 11.2 Å². The van der Waals surface area contributed by atoms with Gasteiger partial charge in [0.05, 0.1) is 23.3 Å². The highest BCUT2D eigenvalue weighted by Gasteiger charge is 2.15. The van der Waals surface area contributed by atoms with Gasteiger partial charge in [0.25, 0.3) is 0 Å². The number of nitrogens with one attached hydrogen (secondary N) is 1. The molecule has 1 amide bonds. The first-order valence-electron chi connectivity index (χ1n) is 12.8. The van der Waals surface area contributed by atoms with Crippen molar-refractivity contribution in [2.24, 2.45) is 5.92 Å². The molecule has 4 rings (SSSR count). The normalized spacial score (nSPS) is 12.1. The van der Waals surface area contributed by atoms with E-state index < -0.39 is 5.82 Å². The van der Waals surface area contributed by atoms with Crippen molar-refractivity contribution in [1.82, 2.24) is 19.7 Å². The minimum absolute atomic E-state index is 0.0667. The van der Waals surface area contributed by atoms with Crippen LogP contribution in [0.4, 0.5) is 4.39 Å². The highest BCUT2D eigenvalue weighted by Crippen LogP contribution is 2.33. The van der Waals surface area contributed by atoms with Crippen LogP contribution in [0.15, 0.2) is 89.3 Å². The second kappa shape index (κ2) is 12.2. The number of rotatable bonds is 10. The molecule has 4 aromatic rings. The summed E-state index contributed by atoms with van der Waals surface area (Å²) in [6, 6.07) is 12.8. The molecule has 0 radical (unpaired) electrons. The van der Waals surface area contributed by atoms with Crippen molar-refractivity contribution in [1.29, 1.82) is 0 Å². The highest BCUT2D eigenvalue weighted by atomic mass is 32.2. The number of aromatic nitrogens is 3. The average Bonchev–Trinajstić information content (AvgIpc) is 3.32. The minimum Gasteiger partial charge on any atom is -0.321 e. The van der Waals surface area contributed by atoms with E-state index in [1.54, 1.807) is 24.7 Å². The maximum absolute atomic E-state index is 15.1. The molecule has 196 valence electrons. The molecule has 0 bridgehead atoms. The van der Waals surface area contributed by atoms with Gasteiger partial charge in [0.2, 0.25) is 5.91 Å². The number of hydrogen-bond acceptors (Lipinski definition) is 4. The number of allylic oxidation sites excluding steroid dienone is 2. The van der Waals surface area contributed by atoms with Crippen LogP contribution in [0.25, 0.3) is 28.0 Å². The number of carbonyl (C=O) groups excluding carboxylic acids is 1. The standard InChI is InChI=1S/C31H33FN4OS/c1-6-7-21(4)31(20(2)3)38-22(5)35-30(37)18-25-8-9-26(16-27(25)32)28-19-34-29-17-24(12-15-36(28)29)23-10-13-33-14-11-23/h8-17,19-20H,5-7,18H2,1-4H3,(H,35,37)/b31-21-. The molecule has 0 fully saturated rings. The molecule has 3 aromatic heterocycles. The number of nitrogens with zero attached hydrogens (tertiary/aromatic N) is 3. The lowest BCUT2D eigenvalue weighted by Gasteiger charge is -2.17. The van der Waals surface area contributed by atoms with E-state index in [1.165, 1.54) is 28.3 Å². The van der Waals surface area contributed by atoms with E-state index in [1.807, 2.05) is 40.9 Å². The first kappa shape index (κ1) is 27.3. The van der Waals surface area contributed by atoms with Crippen LogP contribution < -0.4 is 5.32 Å². The number of hydrogen-bond donors (Lipinski definition) is 1. The number of amides is 1. The van der Waals surface area contributed by atoms with Gasteiger partial charge in [-0.3, -0.25) is 14.2 Å². The zero-order chi connectivity index (χ0) is 27.2. The summed E-state index contributed by atoms with van der Waals surface area (Å²) in [4.78, 5) is 22.5. The molecule has 1 N–H and O–H groups in total. The maximum Gasteiger partial charge on any atom is 0.229 e. The summed E-state index contributed by atoms with van der Waals surface area (Å²) in [6.07, 6.45) is 9.18. The van der Waals surface area contributed by atoms with Gasteiger partial charge in [-0.1, -0.05) is 63.2 Å². The molecule has 0 spiro atoms. The van der Waals surface area contributed by atoms with E-state index in [2.05, 4.69) is 49.6 Å². The fraction of sp³-hybridized carbons (Fsp3) is 0.258. The van der Waals surface area contributed by atoms with Gasteiger partial charge in [-0.25, -0.2) is 9.37 Å². The molecule has 0 aliphatic carbocycles. The molecule has 38 heavy (non-hydrogen) atoms. The van der Waals surface area contributed by atoms with Gasteiger partial charge in [0, 0.05) is 24.2 Å². The van der Waals surface area contributed by atoms with Gasteiger partial charge in [0.1, 0.15) is 11.5 Å². The van der Waals surface area contributed by atoms with Gasteiger partial charge in [-0.2, -0.15) is 0 Å². The molecule has 0 unspecified atom stereocenters. The molecule has 3 heterocycles. The number of benzene rings is 1. The fourth-order valence-electron chi connectivity index (χ4n) is 4.50. The van der Waals surface area contributed by atoms with E-state index in [9.17, 15) is 4.79 Å². The lowest BCUT2D eigenvalue weighted by atomic mass is 10.1. The zero-order valence-electron chi connectivity index (χ0n) is 22.3. The molecule has 0 saturated heterocycles. The highest BCUT2D eigenvalue weighted by molar-refractivity contribution is 8.06. The Balaban J connectivity index is 1.45. The van der Waals surface area contributed by atoms with Crippen molar-refractivity contribution in [3.8, 4) is 22.4 Å². The predicted molar refractivity (Wildman–Crippen MR) is 155 cm³/mol. The Labute approximate surface area is 227 Å². The molecule has 7 heteroatoms. The smallest absolute Gasteiger partial charge is 0.229 e. The number of halogens is 1. The van der Waals surface area contributed by atoms with Crippen molar-refractivity contribution in [3.63, 3.8) is 0 Å². The van der Waals surface area contributed by atoms with Crippen molar-refractivity contribution in [2.45, 2.75) is 47.0 Å². The quantitative estimate of drug-likeness (QED) is 0.228. The lowest BCUT2D eigenvalue weighted by Crippen LogP contribution is -2.23. The van der Waals surface area contributed by atoms with Crippen LogP contribution in [0, 0.1) is 11.7 Å². The minimum atomic E-state index is -0.430. The molecule has 0 aliphatic rings. The van der Waals surface area contributed by atoms with E-state index >= 15 is 4.39 Å². The summed E-state index contributed by atoms with van der Waals surface area (Å²) in [5.41, 5.74) is 5.95. The van der Waals surface area contributed by atoms with Crippen molar-refractivity contribution < 1.29 is 9.18 Å². The molecule has 0 aliphatic heterocycles. The Kier molecular flexibility index (Phi) is 8.79. The third kappa shape index (κ3) is 6.40. The summed E-state index contributed by atoms with van der Waals surface area (Å²) in [6.45, 7) is 12.6. The second-order valence-corrected chi connectivity index (χ2v) is 10.8. The third-order valence-corrected chi connectivity index (χ3v) is 7.70. The monoisotopic (exact) mass is 528 g/mol. The number of pyridine rings is 2. The molecule has 1 aromatic carbocycles. The SMILES string of the molecule is C=C(NC(=O)Cc1ccc(-c2cnc3cc(-c4ccncc4)ccn23)cc1F)S/C(=C(/C)CCC)C(C)C. The Morgan fingerprint density at radius 1 is 1.11 bits per heavy atom. The summed E-state index contributed by atoms with van der Waals surface area (Å²) >= 11 is 1.49. The third-order valence-electron chi connectivity index (χ3n) is 6.31. The summed E-state index contributed by atoms with van der Waals surface area (Å²) in [7, 11) is 0. The first-order chi connectivity index (χ1) is 18.3. The fourth-order valence-corrected chi connectivity index (χ4v) is 5.44. The number of thioether (sulfide) groups is 1. The van der Waals surface area contributed by atoms with E-state index in [0.717, 1.165) is 35.3 Å². The van der Waals surface area contributed by atoms with Crippen LogP contribution in [0.3, 0.4) is 0 Å². The van der Waals surface area contributed by atoms with E-state index in [0.29, 0.717) is 22.1 Å². The van der Waals surface area contributed by atoms with Gasteiger partial charge < -0.3 is 5.32 Å². The van der Waals surface area contributed by atoms with Crippen LogP contribution in [-0.4, -0.2) is 20.3 Å². The topological polar surface area (TPSA) is 59.3 Å². The Bertz CT molecular complexity index is 1490. The average molecular weight is 529 g/mol. The largest absolute Gasteiger partial charge is 0.321 e. The van der Waals surface area contributed by atoms with Gasteiger partial charge >= 0.3 is 0 Å². The first-order valence-corrected chi connectivity index (χ1v) is 13.6.